The van der Waals surface area contributed by atoms with Gasteiger partial charge in [-0.25, -0.2) is 9.59 Å². The Morgan fingerprint density at radius 3 is 2.32 bits per heavy atom. The molecular weight excluding hydrogens is 432 g/mol. The molecule has 3 N–H and O–H groups in total. The van der Waals surface area contributed by atoms with Crippen molar-refractivity contribution in [3.05, 3.63) is 59.7 Å². The third-order valence-electron chi connectivity index (χ3n) is 7.71. The SMILES string of the molecule is CCCC(NC(=O)[C@@]12C[C@@H](NC(=O)OCC3c4ccccc4-c4ccccc43)C[C@@H]1C2)C(=O)O. The second-order valence-electron chi connectivity index (χ2n) is 9.82. The van der Waals surface area contributed by atoms with Crippen LogP contribution in [-0.2, 0) is 14.3 Å². The number of carboxylic acids is 1. The molecule has 2 fully saturated rings. The third kappa shape index (κ3) is 3.93. The van der Waals surface area contributed by atoms with Crippen LogP contribution in [0.5, 0.6) is 0 Å². The molecule has 34 heavy (non-hydrogen) atoms. The number of amides is 2. The zero-order chi connectivity index (χ0) is 23.9. The summed E-state index contributed by atoms with van der Waals surface area (Å²) in [4.78, 5) is 36.9. The molecule has 4 atom stereocenters. The Kier molecular flexibility index (Phi) is 5.80. The number of hydrogen-bond acceptors (Lipinski definition) is 4. The van der Waals surface area contributed by atoms with Crippen LogP contribution in [-0.4, -0.2) is 41.8 Å². The largest absolute Gasteiger partial charge is 0.480 e. The number of benzene rings is 2. The van der Waals surface area contributed by atoms with Crippen LogP contribution in [0.1, 0.15) is 56.1 Å². The average Bonchev–Trinajstić information content (AvgIpc) is 3.25. The Morgan fingerprint density at radius 1 is 1.06 bits per heavy atom. The Morgan fingerprint density at radius 2 is 1.71 bits per heavy atom. The van der Waals surface area contributed by atoms with E-state index < -0.39 is 23.5 Å². The van der Waals surface area contributed by atoms with Crippen molar-refractivity contribution in [2.75, 3.05) is 6.61 Å². The highest BCUT2D eigenvalue weighted by molar-refractivity contribution is 5.90. The summed E-state index contributed by atoms with van der Waals surface area (Å²) in [6, 6.07) is 15.4. The number of ether oxygens (including phenoxy) is 1. The normalized spacial score (nSPS) is 25.0. The van der Waals surface area contributed by atoms with Gasteiger partial charge in [0.15, 0.2) is 0 Å². The van der Waals surface area contributed by atoms with Gasteiger partial charge in [0.1, 0.15) is 12.6 Å². The summed E-state index contributed by atoms with van der Waals surface area (Å²) < 4.78 is 5.64. The molecule has 0 spiro atoms. The lowest BCUT2D eigenvalue weighted by atomic mass is 9.98. The summed E-state index contributed by atoms with van der Waals surface area (Å²) in [7, 11) is 0. The van der Waals surface area contributed by atoms with Crippen molar-refractivity contribution in [1.29, 1.82) is 0 Å². The van der Waals surface area contributed by atoms with Crippen molar-refractivity contribution in [3.63, 3.8) is 0 Å². The van der Waals surface area contributed by atoms with E-state index in [-0.39, 0.29) is 30.4 Å². The molecule has 178 valence electrons. The molecule has 2 amide bonds. The van der Waals surface area contributed by atoms with E-state index in [0.717, 1.165) is 17.5 Å². The van der Waals surface area contributed by atoms with E-state index in [4.69, 9.17) is 4.74 Å². The van der Waals surface area contributed by atoms with Crippen molar-refractivity contribution in [1.82, 2.24) is 10.6 Å². The Balaban J connectivity index is 1.17. The number of hydrogen-bond donors (Lipinski definition) is 3. The molecule has 0 bridgehead atoms. The van der Waals surface area contributed by atoms with Gasteiger partial charge >= 0.3 is 12.1 Å². The van der Waals surface area contributed by atoms with E-state index in [1.54, 1.807) is 0 Å². The van der Waals surface area contributed by atoms with Crippen molar-refractivity contribution >= 4 is 18.0 Å². The first-order valence-electron chi connectivity index (χ1n) is 12.1. The van der Waals surface area contributed by atoms with Gasteiger partial charge in [-0.05, 0) is 53.9 Å². The molecule has 2 aromatic carbocycles. The number of aliphatic carboxylic acids is 1. The van der Waals surface area contributed by atoms with Crippen LogP contribution in [0.4, 0.5) is 4.79 Å². The van der Waals surface area contributed by atoms with Crippen LogP contribution in [0.15, 0.2) is 48.5 Å². The van der Waals surface area contributed by atoms with Gasteiger partial charge in [-0.2, -0.15) is 0 Å². The maximum Gasteiger partial charge on any atom is 0.407 e. The molecule has 0 aliphatic heterocycles. The average molecular weight is 463 g/mol. The summed E-state index contributed by atoms with van der Waals surface area (Å²) in [5, 5.41) is 15.0. The zero-order valence-corrected chi connectivity index (χ0v) is 19.3. The summed E-state index contributed by atoms with van der Waals surface area (Å²) in [5.74, 6) is -1.02. The number of carbonyl (C=O) groups is 3. The smallest absolute Gasteiger partial charge is 0.407 e. The maximum atomic E-state index is 12.8. The molecular formula is C27H30N2O5. The number of nitrogens with one attached hydrogen (secondary N) is 2. The third-order valence-corrected chi connectivity index (χ3v) is 7.71. The first-order valence-corrected chi connectivity index (χ1v) is 12.1. The van der Waals surface area contributed by atoms with Gasteiger partial charge in [-0.3, -0.25) is 4.79 Å². The predicted octanol–water partition coefficient (Wildman–Crippen LogP) is 4.06. The fraction of sp³-hybridized carbons (Fsp3) is 0.444. The molecule has 0 aromatic heterocycles. The van der Waals surface area contributed by atoms with Crippen molar-refractivity contribution in [2.24, 2.45) is 11.3 Å². The van der Waals surface area contributed by atoms with Crippen LogP contribution in [0.3, 0.4) is 0 Å². The number of carboxylic acid groups (broad SMARTS) is 1. The number of alkyl carbamates (subject to hydrolysis) is 1. The molecule has 0 saturated heterocycles. The monoisotopic (exact) mass is 462 g/mol. The first kappa shape index (κ1) is 22.4. The second-order valence-corrected chi connectivity index (χ2v) is 9.82. The van der Waals surface area contributed by atoms with Crippen molar-refractivity contribution in [2.45, 2.75) is 57.0 Å². The predicted molar refractivity (Wildman–Crippen MR) is 126 cm³/mol. The molecule has 5 rings (SSSR count). The zero-order valence-electron chi connectivity index (χ0n) is 19.3. The molecule has 3 aliphatic rings. The second kappa shape index (κ2) is 8.78. The van der Waals surface area contributed by atoms with Crippen LogP contribution in [0, 0.1) is 11.3 Å². The molecule has 2 saturated carbocycles. The number of rotatable bonds is 8. The van der Waals surface area contributed by atoms with Gasteiger partial charge in [0, 0.05) is 12.0 Å². The van der Waals surface area contributed by atoms with E-state index in [2.05, 4.69) is 34.9 Å². The molecule has 0 radical (unpaired) electrons. The molecule has 2 aromatic rings. The van der Waals surface area contributed by atoms with E-state index >= 15 is 0 Å². The molecule has 0 heterocycles. The van der Waals surface area contributed by atoms with Crippen LogP contribution >= 0.6 is 0 Å². The van der Waals surface area contributed by atoms with E-state index in [1.807, 2.05) is 31.2 Å². The van der Waals surface area contributed by atoms with E-state index in [9.17, 15) is 19.5 Å². The summed E-state index contributed by atoms with van der Waals surface area (Å²) >= 11 is 0. The van der Waals surface area contributed by atoms with Gasteiger partial charge in [0.05, 0.1) is 5.41 Å². The lowest BCUT2D eigenvalue weighted by Crippen LogP contribution is -2.45. The fourth-order valence-electron chi connectivity index (χ4n) is 5.94. The van der Waals surface area contributed by atoms with Gasteiger partial charge < -0.3 is 20.5 Å². The van der Waals surface area contributed by atoms with Gasteiger partial charge in [-0.1, -0.05) is 61.9 Å². The summed E-state index contributed by atoms with van der Waals surface area (Å²) in [6.07, 6.45) is 2.59. The fourth-order valence-corrected chi connectivity index (χ4v) is 5.94. The highest BCUT2D eigenvalue weighted by Gasteiger charge is 2.65. The minimum Gasteiger partial charge on any atom is -0.480 e. The van der Waals surface area contributed by atoms with Crippen LogP contribution in [0.2, 0.25) is 0 Å². The number of fused-ring (bicyclic) bond motifs is 4. The van der Waals surface area contributed by atoms with Crippen molar-refractivity contribution < 1.29 is 24.2 Å². The lowest BCUT2D eigenvalue weighted by molar-refractivity contribution is -0.143. The number of carbonyl (C=O) groups excluding carboxylic acids is 2. The molecule has 7 heteroatoms. The standard InChI is InChI=1S/C27H30N2O5/c1-2-7-23(24(30)31)29-25(32)27-13-16(27)12-17(14-27)28-26(33)34-15-22-20-10-5-3-8-18(20)19-9-4-6-11-21(19)22/h3-6,8-11,16-17,22-23H,2,7,12-15H2,1H3,(H,28,33)(H,29,32)(H,30,31)/t16-,17+,23?,27+/m1/s1. The van der Waals surface area contributed by atoms with Crippen LogP contribution in [0.25, 0.3) is 11.1 Å². The van der Waals surface area contributed by atoms with E-state index in [0.29, 0.717) is 25.7 Å². The van der Waals surface area contributed by atoms with Gasteiger partial charge in [0.25, 0.3) is 0 Å². The Labute approximate surface area is 198 Å². The Hall–Kier alpha value is -3.35. The van der Waals surface area contributed by atoms with Gasteiger partial charge in [-0.15, -0.1) is 0 Å². The first-order chi connectivity index (χ1) is 16.4. The topological polar surface area (TPSA) is 105 Å². The summed E-state index contributed by atoms with van der Waals surface area (Å²) in [5.41, 5.74) is 4.13. The molecule has 1 unspecified atom stereocenters. The minimum atomic E-state index is -1.00. The van der Waals surface area contributed by atoms with Crippen LogP contribution < -0.4 is 10.6 Å². The minimum absolute atomic E-state index is 0.00114. The van der Waals surface area contributed by atoms with E-state index in [1.165, 1.54) is 11.1 Å². The van der Waals surface area contributed by atoms with Gasteiger partial charge in [0.2, 0.25) is 5.91 Å². The molecule has 7 nitrogen and oxygen atoms in total. The highest BCUT2D eigenvalue weighted by Crippen LogP contribution is 2.63. The Bertz CT molecular complexity index is 1090. The van der Waals surface area contributed by atoms with Crippen molar-refractivity contribution in [3.8, 4) is 11.1 Å². The highest BCUT2D eigenvalue weighted by atomic mass is 16.5. The lowest BCUT2D eigenvalue weighted by Gasteiger charge is -2.21. The quantitative estimate of drug-likeness (QED) is 0.549. The maximum absolute atomic E-state index is 12.8. The molecule has 3 aliphatic carbocycles. The summed E-state index contributed by atoms with van der Waals surface area (Å²) in [6.45, 7) is 2.14.